The van der Waals surface area contributed by atoms with Gasteiger partial charge in [-0.15, -0.1) is 0 Å². The second kappa shape index (κ2) is 12.4. The van der Waals surface area contributed by atoms with Crippen molar-refractivity contribution in [2.75, 3.05) is 25.0 Å². The summed E-state index contributed by atoms with van der Waals surface area (Å²) in [5.41, 5.74) is 9.55. The molecule has 6 rings (SSSR count). The first-order chi connectivity index (χ1) is 20.9. The summed E-state index contributed by atoms with van der Waals surface area (Å²) in [6.45, 7) is 4.04. The first kappa shape index (κ1) is 28.6. The molecule has 0 spiro atoms. The molecular weight excluding hydrogens is 552 g/mol. The van der Waals surface area contributed by atoms with Crippen LogP contribution < -0.4 is 11.1 Å². The van der Waals surface area contributed by atoms with Crippen LogP contribution in [0.15, 0.2) is 79.2 Å². The minimum Gasteiger partial charge on any atom is -0.364 e. The number of aromatic nitrogens is 4. The zero-order chi connectivity index (χ0) is 29.9. The largest absolute Gasteiger partial charge is 0.364 e. The van der Waals surface area contributed by atoms with E-state index in [1.807, 2.05) is 36.1 Å². The van der Waals surface area contributed by atoms with Crippen molar-refractivity contribution in [1.82, 2.24) is 24.3 Å². The van der Waals surface area contributed by atoms with E-state index in [0.717, 1.165) is 24.1 Å². The Labute approximate surface area is 248 Å². The highest BCUT2D eigenvalue weighted by atomic mass is 19.2. The summed E-state index contributed by atoms with van der Waals surface area (Å²) in [6.07, 6.45) is 8.16. The normalized spacial score (nSPS) is 19.3. The van der Waals surface area contributed by atoms with Crippen molar-refractivity contribution in [3.8, 4) is 0 Å². The molecule has 0 saturated carbocycles. The second-order valence-electron chi connectivity index (χ2n) is 10.9. The number of carbonyl (C=O) groups excluding carboxylic acids is 1. The van der Waals surface area contributed by atoms with E-state index in [-0.39, 0.29) is 18.1 Å². The Hall–Kier alpha value is -4.48. The molecule has 9 nitrogen and oxygen atoms in total. The van der Waals surface area contributed by atoms with Crippen molar-refractivity contribution in [1.29, 1.82) is 0 Å². The SMILES string of the molecule is Cc1cc(Nc2nccn3c(C4=C(F)C(F)C(OCc5ccccn5)C=C4)cnc23)ccc1C(=O)N1CCC(CN)CC1. The molecule has 43 heavy (non-hydrogen) atoms. The lowest BCUT2D eigenvalue weighted by molar-refractivity contribution is 0.0207. The second-order valence-corrected chi connectivity index (χ2v) is 10.9. The number of amides is 1. The number of benzene rings is 1. The fraction of sp³-hybridized carbons (Fsp3) is 0.312. The molecule has 2 unspecified atom stereocenters. The molecule has 1 aliphatic carbocycles. The van der Waals surface area contributed by atoms with Crippen LogP contribution in [0.5, 0.6) is 0 Å². The first-order valence-corrected chi connectivity index (χ1v) is 14.4. The van der Waals surface area contributed by atoms with Crippen molar-refractivity contribution in [2.24, 2.45) is 11.7 Å². The third-order valence-corrected chi connectivity index (χ3v) is 8.05. The van der Waals surface area contributed by atoms with Crippen LogP contribution in [-0.2, 0) is 11.3 Å². The summed E-state index contributed by atoms with van der Waals surface area (Å²) in [4.78, 5) is 28.1. The van der Waals surface area contributed by atoms with E-state index in [2.05, 4.69) is 20.3 Å². The van der Waals surface area contributed by atoms with Gasteiger partial charge < -0.3 is 20.7 Å². The van der Waals surface area contributed by atoms with Gasteiger partial charge in [0.1, 0.15) is 11.9 Å². The van der Waals surface area contributed by atoms with Crippen LogP contribution >= 0.6 is 0 Å². The molecule has 4 heterocycles. The number of imidazole rings is 1. The topological polar surface area (TPSA) is 111 Å². The van der Waals surface area contributed by atoms with Gasteiger partial charge in [-0.1, -0.05) is 18.2 Å². The van der Waals surface area contributed by atoms with Gasteiger partial charge in [0.05, 0.1) is 24.2 Å². The Bertz CT molecular complexity index is 1680. The minimum atomic E-state index is -1.97. The van der Waals surface area contributed by atoms with Crippen molar-refractivity contribution < 1.29 is 18.3 Å². The molecule has 1 fully saturated rings. The van der Waals surface area contributed by atoms with Crippen molar-refractivity contribution in [3.63, 3.8) is 0 Å². The zero-order valence-corrected chi connectivity index (χ0v) is 23.8. The molecule has 3 N–H and O–H groups in total. The summed E-state index contributed by atoms with van der Waals surface area (Å²) in [6, 6.07) is 10.9. The Balaban J connectivity index is 1.18. The average molecular weight is 586 g/mol. The van der Waals surface area contributed by atoms with E-state index in [1.165, 1.54) is 18.3 Å². The Kier molecular flexibility index (Phi) is 8.26. The number of rotatable bonds is 8. The van der Waals surface area contributed by atoms with Gasteiger partial charge in [-0.25, -0.2) is 18.7 Å². The van der Waals surface area contributed by atoms with Crippen molar-refractivity contribution in [2.45, 2.75) is 38.6 Å². The zero-order valence-electron chi connectivity index (χ0n) is 23.8. The van der Waals surface area contributed by atoms with Gasteiger partial charge in [-0.3, -0.25) is 14.2 Å². The number of hydrogen-bond donors (Lipinski definition) is 2. The summed E-state index contributed by atoms with van der Waals surface area (Å²) in [5, 5.41) is 3.26. The highest BCUT2D eigenvalue weighted by molar-refractivity contribution is 5.96. The molecule has 1 aliphatic heterocycles. The van der Waals surface area contributed by atoms with Crippen molar-refractivity contribution in [3.05, 3.63) is 102 Å². The van der Waals surface area contributed by atoms with Gasteiger partial charge in [0.25, 0.3) is 5.91 Å². The number of piperidine rings is 1. The van der Waals surface area contributed by atoms with E-state index in [0.29, 0.717) is 54.0 Å². The lowest BCUT2D eigenvalue weighted by Crippen LogP contribution is -2.40. The van der Waals surface area contributed by atoms with Crippen LogP contribution in [0.3, 0.4) is 0 Å². The third kappa shape index (κ3) is 5.91. The van der Waals surface area contributed by atoms with Gasteiger partial charge in [-0.05, 0) is 68.1 Å². The predicted octanol–water partition coefficient (Wildman–Crippen LogP) is 5.16. The number of nitrogens with zero attached hydrogens (tertiary/aromatic N) is 5. The van der Waals surface area contributed by atoms with Gasteiger partial charge in [0.2, 0.25) is 0 Å². The van der Waals surface area contributed by atoms with Gasteiger partial charge >= 0.3 is 0 Å². The Morgan fingerprint density at radius 3 is 2.72 bits per heavy atom. The monoisotopic (exact) mass is 585 g/mol. The van der Waals surface area contributed by atoms with E-state index in [4.69, 9.17) is 10.5 Å². The number of alkyl halides is 1. The average Bonchev–Trinajstić information content (AvgIpc) is 3.47. The lowest BCUT2D eigenvalue weighted by Gasteiger charge is -2.31. The molecule has 2 atom stereocenters. The van der Waals surface area contributed by atoms with Crippen LogP contribution in [0, 0.1) is 12.8 Å². The van der Waals surface area contributed by atoms with E-state index < -0.39 is 18.1 Å². The molecule has 0 radical (unpaired) electrons. The van der Waals surface area contributed by atoms with Crippen molar-refractivity contribution >= 4 is 28.6 Å². The maximum atomic E-state index is 15.3. The molecule has 1 saturated heterocycles. The number of fused-ring (bicyclic) bond motifs is 1. The highest BCUT2D eigenvalue weighted by Gasteiger charge is 2.31. The number of pyridine rings is 1. The molecule has 3 aromatic heterocycles. The number of nitrogens with two attached hydrogens (primary N) is 1. The Morgan fingerprint density at radius 1 is 1.14 bits per heavy atom. The summed E-state index contributed by atoms with van der Waals surface area (Å²) in [5.74, 6) is 0.00288. The van der Waals surface area contributed by atoms with Gasteiger partial charge in [0.15, 0.2) is 17.6 Å². The number of nitrogens with one attached hydrogen (secondary N) is 1. The number of halogens is 2. The molecule has 11 heteroatoms. The number of ether oxygens (including phenoxy) is 1. The highest BCUT2D eigenvalue weighted by Crippen LogP contribution is 2.33. The molecule has 1 amide bonds. The fourth-order valence-corrected chi connectivity index (χ4v) is 5.54. The van der Waals surface area contributed by atoms with Crippen LogP contribution in [-0.4, -0.2) is 62.1 Å². The van der Waals surface area contributed by atoms with E-state index >= 15 is 8.78 Å². The molecule has 0 bridgehead atoms. The maximum Gasteiger partial charge on any atom is 0.254 e. The Morgan fingerprint density at radius 2 is 1.98 bits per heavy atom. The molecule has 1 aromatic carbocycles. The molecule has 2 aliphatic rings. The van der Waals surface area contributed by atoms with E-state index in [9.17, 15) is 4.79 Å². The van der Waals surface area contributed by atoms with Gasteiger partial charge in [0, 0.05) is 48.5 Å². The number of likely N-dealkylation sites (tertiary alicyclic amines) is 1. The quantitative estimate of drug-likeness (QED) is 0.294. The predicted molar refractivity (Wildman–Crippen MR) is 160 cm³/mol. The number of hydrogen-bond acceptors (Lipinski definition) is 7. The third-order valence-electron chi connectivity index (χ3n) is 8.05. The minimum absolute atomic E-state index is 0.0176. The number of carbonyl (C=O) groups is 1. The fourth-order valence-electron chi connectivity index (χ4n) is 5.54. The first-order valence-electron chi connectivity index (χ1n) is 14.4. The van der Waals surface area contributed by atoms with Crippen LogP contribution in [0.1, 0.15) is 40.2 Å². The lowest BCUT2D eigenvalue weighted by atomic mass is 9.96. The van der Waals surface area contributed by atoms with Crippen LogP contribution in [0.2, 0.25) is 0 Å². The standard InChI is InChI=1S/C32H33F2N7O2/c1-20-16-22(5-6-24(20)32(42)40-13-9-21(17-35)10-14-40)39-30-31-38-18-26(41(31)15-12-37-30)25-7-8-27(29(34)28(25)33)43-19-23-4-2-3-11-36-23/h2-8,11-12,15-16,18,21,27,29H,9-10,13-14,17,19,35H2,1H3,(H,37,39). The van der Waals surface area contributed by atoms with Crippen LogP contribution in [0.4, 0.5) is 20.3 Å². The number of aryl methyl sites for hydroxylation is 1. The number of allylic oxidation sites excluding steroid dienone is 2. The van der Waals surface area contributed by atoms with Gasteiger partial charge in [-0.2, -0.15) is 0 Å². The number of anilines is 2. The van der Waals surface area contributed by atoms with Crippen LogP contribution in [0.25, 0.3) is 11.2 Å². The van der Waals surface area contributed by atoms with E-state index in [1.54, 1.807) is 35.1 Å². The molecule has 222 valence electrons. The summed E-state index contributed by atoms with van der Waals surface area (Å²) in [7, 11) is 0. The maximum absolute atomic E-state index is 15.3. The summed E-state index contributed by atoms with van der Waals surface area (Å²) < 4.78 is 37.7. The smallest absolute Gasteiger partial charge is 0.254 e. The molecular formula is C32H33F2N7O2. The molecule has 4 aromatic rings. The summed E-state index contributed by atoms with van der Waals surface area (Å²) >= 11 is 0.